The summed E-state index contributed by atoms with van der Waals surface area (Å²) in [6.07, 6.45) is 11.9. The lowest BCUT2D eigenvalue weighted by Crippen LogP contribution is -2.42. The Labute approximate surface area is 108 Å². The van der Waals surface area contributed by atoms with Gasteiger partial charge in [0.05, 0.1) is 17.6 Å². The van der Waals surface area contributed by atoms with E-state index in [1.165, 1.54) is 25.0 Å². The molecule has 2 N–H and O–H groups in total. The molecule has 2 aliphatic rings. The van der Waals surface area contributed by atoms with Crippen LogP contribution < -0.4 is 5.32 Å². The van der Waals surface area contributed by atoms with Crippen molar-refractivity contribution >= 4 is 0 Å². The van der Waals surface area contributed by atoms with Crippen molar-refractivity contribution in [2.24, 2.45) is 0 Å². The maximum Gasteiger partial charge on any atom is 0.0951 e. The Morgan fingerprint density at radius 3 is 2.83 bits per heavy atom. The highest BCUT2D eigenvalue weighted by molar-refractivity contribution is 5.03. The predicted molar refractivity (Wildman–Crippen MR) is 70.2 cm³/mol. The van der Waals surface area contributed by atoms with Crippen molar-refractivity contribution in [2.45, 2.75) is 63.1 Å². The Bertz CT molecular complexity index is 391. The van der Waals surface area contributed by atoms with Crippen molar-refractivity contribution in [3.8, 4) is 0 Å². The molecule has 0 spiro atoms. The Hall–Kier alpha value is -0.870. The molecule has 1 aromatic heterocycles. The number of hydrogen-bond donors (Lipinski definition) is 2. The van der Waals surface area contributed by atoms with Gasteiger partial charge in [0.1, 0.15) is 0 Å². The van der Waals surface area contributed by atoms with Crippen LogP contribution in [0.5, 0.6) is 0 Å². The predicted octanol–water partition coefficient (Wildman–Crippen LogP) is 2.00. The van der Waals surface area contributed by atoms with Crippen molar-refractivity contribution in [3.05, 3.63) is 18.2 Å². The highest BCUT2D eigenvalue weighted by Crippen LogP contribution is 2.35. The number of hydrogen-bond acceptors (Lipinski definition) is 3. The van der Waals surface area contributed by atoms with Gasteiger partial charge in [-0.2, -0.15) is 0 Å². The van der Waals surface area contributed by atoms with Gasteiger partial charge < -0.3 is 15.0 Å². The topological polar surface area (TPSA) is 50.1 Å². The summed E-state index contributed by atoms with van der Waals surface area (Å²) in [6.45, 7) is 1.53. The Morgan fingerprint density at radius 1 is 1.33 bits per heavy atom. The summed E-state index contributed by atoms with van der Waals surface area (Å²) in [5.41, 5.74) is 0.778. The van der Waals surface area contributed by atoms with E-state index in [-0.39, 0.29) is 0 Å². The number of nitrogens with one attached hydrogen (secondary N) is 1. The van der Waals surface area contributed by atoms with Gasteiger partial charge in [0.15, 0.2) is 0 Å². The summed E-state index contributed by atoms with van der Waals surface area (Å²) in [6, 6.07) is 0.682. The van der Waals surface area contributed by atoms with Gasteiger partial charge in [-0.3, -0.25) is 0 Å². The molecule has 2 saturated carbocycles. The third kappa shape index (κ3) is 2.75. The minimum Gasteiger partial charge on any atom is -0.389 e. The summed E-state index contributed by atoms with van der Waals surface area (Å²) in [5, 5.41) is 13.8. The minimum atomic E-state index is -0.470. The second kappa shape index (κ2) is 5.02. The van der Waals surface area contributed by atoms with Gasteiger partial charge in [-0.05, 0) is 25.7 Å². The van der Waals surface area contributed by atoms with E-state index in [0.29, 0.717) is 12.6 Å². The lowest BCUT2D eigenvalue weighted by atomic mass is 9.85. The lowest BCUT2D eigenvalue weighted by Gasteiger charge is -2.32. The average molecular weight is 249 g/mol. The maximum absolute atomic E-state index is 10.4. The molecule has 18 heavy (non-hydrogen) atoms. The van der Waals surface area contributed by atoms with Gasteiger partial charge in [-0.1, -0.05) is 19.3 Å². The van der Waals surface area contributed by atoms with Crippen molar-refractivity contribution < 1.29 is 5.11 Å². The fourth-order valence-corrected chi connectivity index (χ4v) is 2.96. The number of nitrogens with zero attached hydrogens (tertiary/aromatic N) is 2. The first kappa shape index (κ1) is 12.2. The minimum absolute atomic E-state index is 0.470. The van der Waals surface area contributed by atoms with Crippen LogP contribution in [0.4, 0.5) is 0 Å². The molecule has 0 radical (unpaired) electrons. The van der Waals surface area contributed by atoms with E-state index in [2.05, 4.69) is 14.9 Å². The first-order valence-electron chi connectivity index (χ1n) is 7.21. The fourth-order valence-electron chi connectivity index (χ4n) is 2.96. The van der Waals surface area contributed by atoms with Gasteiger partial charge in [0, 0.05) is 25.3 Å². The van der Waals surface area contributed by atoms with Gasteiger partial charge in [0.25, 0.3) is 0 Å². The molecule has 0 unspecified atom stereocenters. The average Bonchev–Trinajstić information content (AvgIpc) is 3.11. The first-order chi connectivity index (χ1) is 8.77. The zero-order valence-corrected chi connectivity index (χ0v) is 10.9. The quantitative estimate of drug-likeness (QED) is 0.839. The second-order valence-corrected chi connectivity index (χ2v) is 5.91. The zero-order valence-electron chi connectivity index (χ0n) is 10.9. The van der Waals surface area contributed by atoms with Crippen LogP contribution >= 0.6 is 0 Å². The molecule has 2 aliphatic carbocycles. The van der Waals surface area contributed by atoms with Gasteiger partial charge >= 0.3 is 0 Å². The molecule has 0 saturated heterocycles. The van der Waals surface area contributed by atoms with Crippen LogP contribution in [0.3, 0.4) is 0 Å². The summed E-state index contributed by atoms with van der Waals surface area (Å²) in [4.78, 5) is 4.23. The van der Waals surface area contributed by atoms with Crippen molar-refractivity contribution in [1.29, 1.82) is 0 Å². The molecule has 100 valence electrons. The van der Waals surface area contributed by atoms with Crippen LogP contribution in [-0.2, 0) is 6.54 Å². The van der Waals surface area contributed by atoms with E-state index >= 15 is 0 Å². The molecule has 0 atom stereocenters. The number of aromatic nitrogens is 2. The monoisotopic (exact) mass is 249 g/mol. The molecule has 0 bridgehead atoms. The molecule has 2 fully saturated rings. The van der Waals surface area contributed by atoms with E-state index < -0.39 is 5.60 Å². The molecule has 1 heterocycles. The lowest BCUT2D eigenvalue weighted by molar-refractivity contribution is 0.00457. The van der Waals surface area contributed by atoms with Crippen LogP contribution in [0.25, 0.3) is 0 Å². The van der Waals surface area contributed by atoms with Crippen LogP contribution in [0.1, 0.15) is 56.7 Å². The summed E-state index contributed by atoms with van der Waals surface area (Å²) in [7, 11) is 0. The smallest absolute Gasteiger partial charge is 0.0951 e. The molecule has 3 rings (SSSR count). The van der Waals surface area contributed by atoms with Crippen molar-refractivity contribution in [3.63, 3.8) is 0 Å². The molecule has 1 aromatic rings. The third-order valence-electron chi connectivity index (χ3n) is 4.23. The van der Waals surface area contributed by atoms with Crippen LogP contribution in [0.2, 0.25) is 0 Å². The Kier molecular flexibility index (Phi) is 3.39. The normalized spacial score (nSPS) is 23.2. The summed E-state index contributed by atoms with van der Waals surface area (Å²) < 4.78 is 2.28. The standard InChI is InChI=1S/C14H23N3O/c18-14(6-2-1-3-7-14)10-15-8-13-9-16-11-17(13)12-4-5-12/h9,11-12,15,18H,1-8,10H2. The maximum atomic E-state index is 10.4. The van der Waals surface area contributed by atoms with Crippen molar-refractivity contribution in [2.75, 3.05) is 6.54 Å². The van der Waals surface area contributed by atoms with Crippen LogP contribution in [-0.4, -0.2) is 26.8 Å². The molecular formula is C14H23N3O. The van der Waals surface area contributed by atoms with Gasteiger partial charge in [-0.25, -0.2) is 4.98 Å². The highest BCUT2D eigenvalue weighted by Gasteiger charge is 2.29. The van der Waals surface area contributed by atoms with E-state index in [4.69, 9.17) is 0 Å². The van der Waals surface area contributed by atoms with E-state index in [1.54, 1.807) is 0 Å². The Morgan fingerprint density at radius 2 is 2.11 bits per heavy atom. The number of imidazole rings is 1. The fraction of sp³-hybridized carbons (Fsp3) is 0.786. The second-order valence-electron chi connectivity index (χ2n) is 5.91. The SMILES string of the molecule is OC1(CNCc2cncn2C2CC2)CCCCC1. The highest BCUT2D eigenvalue weighted by atomic mass is 16.3. The number of rotatable bonds is 5. The zero-order chi connectivity index (χ0) is 12.4. The van der Waals surface area contributed by atoms with Crippen LogP contribution in [0.15, 0.2) is 12.5 Å². The molecule has 4 nitrogen and oxygen atoms in total. The largest absolute Gasteiger partial charge is 0.389 e. The van der Waals surface area contributed by atoms with E-state index in [1.807, 2.05) is 12.5 Å². The first-order valence-corrected chi connectivity index (χ1v) is 7.21. The molecule has 0 amide bonds. The molecule has 4 heteroatoms. The summed E-state index contributed by atoms with van der Waals surface area (Å²) in [5.74, 6) is 0. The van der Waals surface area contributed by atoms with Crippen molar-refractivity contribution in [1.82, 2.24) is 14.9 Å². The van der Waals surface area contributed by atoms with Gasteiger partial charge in [0.2, 0.25) is 0 Å². The van der Waals surface area contributed by atoms with Gasteiger partial charge in [-0.15, -0.1) is 0 Å². The van der Waals surface area contributed by atoms with Crippen LogP contribution in [0, 0.1) is 0 Å². The molecular weight excluding hydrogens is 226 g/mol. The molecule has 0 aromatic carbocycles. The van der Waals surface area contributed by atoms with E-state index in [0.717, 1.165) is 32.2 Å². The van der Waals surface area contributed by atoms with E-state index in [9.17, 15) is 5.11 Å². The Balaban J connectivity index is 1.50. The summed E-state index contributed by atoms with van der Waals surface area (Å²) >= 11 is 0. The number of aliphatic hydroxyl groups is 1. The third-order valence-corrected chi connectivity index (χ3v) is 4.23. The molecule has 0 aliphatic heterocycles.